The van der Waals surface area contributed by atoms with Gasteiger partial charge in [0.05, 0.1) is 11.7 Å². The van der Waals surface area contributed by atoms with Crippen LogP contribution < -0.4 is 4.90 Å². The molecule has 6 nitrogen and oxygen atoms in total. The number of para-hydroxylation sites is 1. The van der Waals surface area contributed by atoms with Crippen molar-refractivity contribution in [2.45, 2.75) is 44.2 Å². The van der Waals surface area contributed by atoms with Crippen LogP contribution in [0.5, 0.6) is 0 Å². The van der Waals surface area contributed by atoms with Crippen molar-refractivity contribution in [3.63, 3.8) is 0 Å². The molecular weight excluding hydrogens is 410 g/mol. The van der Waals surface area contributed by atoms with Crippen LogP contribution in [0.25, 0.3) is 0 Å². The van der Waals surface area contributed by atoms with Crippen LogP contribution in [0.2, 0.25) is 0 Å². The summed E-state index contributed by atoms with van der Waals surface area (Å²) >= 11 is 0. The summed E-state index contributed by atoms with van der Waals surface area (Å²) in [5, 5.41) is 12.7. The molecule has 2 aliphatic rings. The summed E-state index contributed by atoms with van der Waals surface area (Å²) in [6.07, 6.45) is 5.65. The molecular formula is C24H28F2N6. The van der Waals surface area contributed by atoms with Gasteiger partial charge in [-0.05, 0) is 41.5 Å². The summed E-state index contributed by atoms with van der Waals surface area (Å²) in [5.74, 6) is 0.224. The number of anilines is 1. The molecule has 5 rings (SSSR count). The van der Waals surface area contributed by atoms with Gasteiger partial charge < -0.3 is 4.90 Å². The zero-order valence-corrected chi connectivity index (χ0v) is 18.1. The molecule has 0 N–H and O–H groups in total. The van der Waals surface area contributed by atoms with E-state index in [1.165, 1.54) is 18.6 Å². The van der Waals surface area contributed by atoms with E-state index in [4.69, 9.17) is 0 Å². The van der Waals surface area contributed by atoms with Crippen LogP contribution >= 0.6 is 0 Å². The number of halogens is 2. The summed E-state index contributed by atoms with van der Waals surface area (Å²) in [7, 11) is 0. The highest BCUT2D eigenvalue weighted by Crippen LogP contribution is 2.35. The van der Waals surface area contributed by atoms with Gasteiger partial charge in [-0.15, -0.1) is 5.10 Å². The maximum atomic E-state index is 15.0. The molecule has 1 aromatic heterocycles. The number of hydrogen-bond donors (Lipinski definition) is 0. The molecule has 32 heavy (non-hydrogen) atoms. The van der Waals surface area contributed by atoms with Crippen molar-refractivity contribution in [1.82, 2.24) is 25.1 Å². The van der Waals surface area contributed by atoms with Crippen LogP contribution in [0.1, 0.15) is 55.6 Å². The lowest BCUT2D eigenvalue weighted by Crippen LogP contribution is -2.49. The van der Waals surface area contributed by atoms with E-state index in [1.807, 2.05) is 33.8 Å². The van der Waals surface area contributed by atoms with Crippen LogP contribution in [0.3, 0.4) is 0 Å². The molecule has 168 valence electrons. The van der Waals surface area contributed by atoms with Crippen molar-refractivity contribution in [1.29, 1.82) is 0 Å². The Bertz CT molecular complexity index is 1040. The highest BCUT2D eigenvalue weighted by atomic mass is 19.1. The molecule has 0 amide bonds. The number of piperazine rings is 1. The number of hydrogen-bond acceptors (Lipinski definition) is 5. The van der Waals surface area contributed by atoms with Crippen LogP contribution in [-0.4, -0.2) is 51.3 Å². The molecule has 2 heterocycles. The Morgan fingerprint density at radius 2 is 1.50 bits per heavy atom. The second kappa shape index (κ2) is 9.32. The maximum Gasteiger partial charge on any atom is 0.173 e. The minimum absolute atomic E-state index is 0.215. The van der Waals surface area contributed by atoms with Crippen molar-refractivity contribution in [2.75, 3.05) is 31.1 Å². The lowest BCUT2D eigenvalue weighted by Gasteiger charge is -2.40. The smallest absolute Gasteiger partial charge is 0.173 e. The number of tetrazole rings is 1. The summed E-state index contributed by atoms with van der Waals surface area (Å²) in [6.45, 7) is 2.61. The molecule has 1 saturated carbocycles. The number of benzene rings is 2. The van der Waals surface area contributed by atoms with Gasteiger partial charge in [-0.25, -0.2) is 13.5 Å². The van der Waals surface area contributed by atoms with E-state index in [0.717, 1.165) is 25.7 Å². The SMILES string of the molecule is Fc1ccccc1C(c1nnnn1C1CCCCC1)N1CCN(c2ccccc2F)CC1. The van der Waals surface area contributed by atoms with Crippen molar-refractivity contribution in [2.24, 2.45) is 0 Å². The molecule has 1 unspecified atom stereocenters. The quantitative estimate of drug-likeness (QED) is 0.592. The molecule has 2 aromatic carbocycles. The van der Waals surface area contributed by atoms with Gasteiger partial charge in [0.15, 0.2) is 5.82 Å². The summed E-state index contributed by atoms with van der Waals surface area (Å²) in [5.41, 5.74) is 1.19. The van der Waals surface area contributed by atoms with E-state index in [2.05, 4.69) is 20.4 Å². The summed E-state index contributed by atoms with van der Waals surface area (Å²) < 4.78 is 31.2. The average Bonchev–Trinajstić information content (AvgIpc) is 3.31. The van der Waals surface area contributed by atoms with Crippen LogP contribution in [0.4, 0.5) is 14.5 Å². The van der Waals surface area contributed by atoms with Gasteiger partial charge in [0.25, 0.3) is 0 Å². The Labute approximate surface area is 186 Å². The van der Waals surface area contributed by atoms with E-state index in [0.29, 0.717) is 43.3 Å². The van der Waals surface area contributed by atoms with Gasteiger partial charge >= 0.3 is 0 Å². The standard InChI is InChI=1S/C24H28F2N6/c25-20-11-5-4-10-19(20)23(24-27-28-29-32(24)18-8-2-1-3-9-18)31-16-14-30(15-17-31)22-13-7-6-12-21(22)26/h4-7,10-13,18,23H,1-3,8-9,14-17H2. The number of nitrogens with zero attached hydrogens (tertiary/aromatic N) is 6. The van der Waals surface area contributed by atoms with Crippen LogP contribution in [0.15, 0.2) is 48.5 Å². The first-order chi connectivity index (χ1) is 15.7. The molecule has 0 spiro atoms. The molecule has 0 radical (unpaired) electrons. The van der Waals surface area contributed by atoms with E-state index < -0.39 is 0 Å². The third kappa shape index (κ3) is 4.11. The monoisotopic (exact) mass is 438 g/mol. The largest absolute Gasteiger partial charge is 0.367 e. The third-order valence-corrected chi connectivity index (χ3v) is 6.76. The normalized spacial score (nSPS) is 19.2. The molecule has 1 aliphatic heterocycles. The van der Waals surface area contributed by atoms with Gasteiger partial charge in [-0.3, -0.25) is 4.90 Å². The minimum atomic E-state index is -0.379. The molecule has 1 aliphatic carbocycles. The first kappa shape index (κ1) is 21.0. The zero-order chi connectivity index (χ0) is 21.9. The average molecular weight is 439 g/mol. The van der Waals surface area contributed by atoms with E-state index in [9.17, 15) is 8.78 Å². The van der Waals surface area contributed by atoms with Gasteiger partial charge in [-0.2, -0.15) is 0 Å². The fourth-order valence-corrected chi connectivity index (χ4v) is 5.09. The topological polar surface area (TPSA) is 50.1 Å². The van der Waals surface area contributed by atoms with Crippen LogP contribution in [0, 0.1) is 11.6 Å². The predicted octanol–water partition coefficient (Wildman–Crippen LogP) is 4.37. The first-order valence-corrected chi connectivity index (χ1v) is 11.5. The fourth-order valence-electron chi connectivity index (χ4n) is 5.09. The van der Waals surface area contributed by atoms with Crippen molar-refractivity contribution in [3.8, 4) is 0 Å². The van der Waals surface area contributed by atoms with E-state index in [-0.39, 0.29) is 23.7 Å². The zero-order valence-electron chi connectivity index (χ0n) is 18.1. The van der Waals surface area contributed by atoms with Crippen molar-refractivity contribution < 1.29 is 8.78 Å². The van der Waals surface area contributed by atoms with Gasteiger partial charge in [-0.1, -0.05) is 49.6 Å². The molecule has 8 heteroatoms. The molecule has 1 saturated heterocycles. The summed E-state index contributed by atoms with van der Waals surface area (Å²) in [6, 6.07) is 13.6. The maximum absolute atomic E-state index is 15.0. The second-order valence-corrected chi connectivity index (χ2v) is 8.67. The van der Waals surface area contributed by atoms with Crippen molar-refractivity contribution >= 4 is 5.69 Å². The molecule has 1 atom stereocenters. The first-order valence-electron chi connectivity index (χ1n) is 11.5. The van der Waals surface area contributed by atoms with Crippen LogP contribution in [-0.2, 0) is 0 Å². The van der Waals surface area contributed by atoms with E-state index >= 15 is 0 Å². The molecule has 0 bridgehead atoms. The molecule has 3 aromatic rings. The number of aromatic nitrogens is 4. The Balaban J connectivity index is 1.45. The Hall–Kier alpha value is -2.87. The predicted molar refractivity (Wildman–Crippen MR) is 118 cm³/mol. The molecule has 2 fully saturated rings. The number of rotatable bonds is 5. The van der Waals surface area contributed by atoms with Crippen molar-refractivity contribution in [3.05, 3.63) is 71.6 Å². The minimum Gasteiger partial charge on any atom is -0.367 e. The Morgan fingerprint density at radius 3 is 2.22 bits per heavy atom. The van der Waals surface area contributed by atoms with Gasteiger partial charge in [0, 0.05) is 31.7 Å². The summed E-state index contributed by atoms with van der Waals surface area (Å²) in [4.78, 5) is 4.27. The van der Waals surface area contributed by atoms with E-state index in [1.54, 1.807) is 12.1 Å². The Morgan fingerprint density at radius 1 is 0.812 bits per heavy atom. The fraction of sp³-hybridized carbons (Fsp3) is 0.458. The highest BCUT2D eigenvalue weighted by Gasteiger charge is 2.34. The van der Waals surface area contributed by atoms with Gasteiger partial charge in [0.1, 0.15) is 17.7 Å². The third-order valence-electron chi connectivity index (χ3n) is 6.76. The lowest BCUT2D eigenvalue weighted by molar-refractivity contribution is 0.190. The second-order valence-electron chi connectivity index (χ2n) is 8.67. The lowest BCUT2D eigenvalue weighted by atomic mass is 9.95. The highest BCUT2D eigenvalue weighted by molar-refractivity contribution is 5.48. The van der Waals surface area contributed by atoms with Gasteiger partial charge in [0.2, 0.25) is 0 Å². The Kier molecular flexibility index (Phi) is 6.12.